The number of fused-ring (bicyclic) bond motifs is 1. The highest BCUT2D eigenvalue weighted by molar-refractivity contribution is 6.00. The summed E-state index contributed by atoms with van der Waals surface area (Å²) in [5.41, 5.74) is 1.82. The van der Waals surface area contributed by atoms with E-state index in [0.29, 0.717) is 17.8 Å². The summed E-state index contributed by atoms with van der Waals surface area (Å²) in [6.45, 7) is 7.30. The number of anilines is 1. The van der Waals surface area contributed by atoms with Gasteiger partial charge >= 0.3 is 12.1 Å². The summed E-state index contributed by atoms with van der Waals surface area (Å²) in [5, 5.41) is 6.26. The molecule has 3 aromatic rings. The van der Waals surface area contributed by atoms with Gasteiger partial charge in [-0.25, -0.2) is 9.59 Å². The zero-order chi connectivity index (χ0) is 24.0. The zero-order valence-corrected chi connectivity index (χ0v) is 19.2. The van der Waals surface area contributed by atoms with Crippen molar-refractivity contribution in [2.45, 2.75) is 45.8 Å². The van der Waals surface area contributed by atoms with E-state index in [2.05, 4.69) is 15.6 Å². The molecule has 1 heterocycles. The molecule has 8 heteroatoms. The Labute approximate surface area is 192 Å². The zero-order valence-electron chi connectivity index (χ0n) is 19.2. The maximum absolute atomic E-state index is 13.1. The number of esters is 1. The standard InChI is InChI=1S/C25H29N3O5/c1-5-32-23(30)21-15-17-14-18(11-12-19(17)27-21)26-22(29)20(13-16-9-7-6-8-10-16)28-24(31)33-25(2,3)4/h6-12,14-15,20,27H,5,13H2,1-4H3,(H,26,29)(H,28,31)/t20-/m0/s1. The Hall–Kier alpha value is -3.81. The first-order valence-corrected chi connectivity index (χ1v) is 10.8. The van der Waals surface area contributed by atoms with Crippen LogP contribution in [0.1, 0.15) is 43.7 Å². The van der Waals surface area contributed by atoms with Gasteiger partial charge in [-0.15, -0.1) is 0 Å². The highest BCUT2D eigenvalue weighted by Crippen LogP contribution is 2.21. The molecule has 2 amide bonds. The summed E-state index contributed by atoms with van der Waals surface area (Å²) in [6.07, 6.45) is -0.371. The number of ether oxygens (including phenoxy) is 2. The molecule has 0 saturated heterocycles. The van der Waals surface area contributed by atoms with Gasteiger partial charge < -0.3 is 25.1 Å². The van der Waals surface area contributed by atoms with E-state index in [0.717, 1.165) is 16.5 Å². The molecule has 0 saturated carbocycles. The van der Waals surface area contributed by atoms with E-state index in [1.165, 1.54) is 0 Å². The van der Waals surface area contributed by atoms with Gasteiger partial charge in [0, 0.05) is 23.0 Å². The first kappa shape index (κ1) is 23.8. The van der Waals surface area contributed by atoms with Crippen molar-refractivity contribution >= 4 is 34.6 Å². The van der Waals surface area contributed by atoms with Crippen LogP contribution >= 0.6 is 0 Å². The summed E-state index contributed by atoms with van der Waals surface area (Å²) in [4.78, 5) is 40.4. The topological polar surface area (TPSA) is 110 Å². The number of hydrogen-bond acceptors (Lipinski definition) is 5. The molecule has 3 rings (SSSR count). The number of carbonyl (C=O) groups is 3. The molecule has 2 aromatic carbocycles. The molecule has 0 aliphatic carbocycles. The molecule has 1 aromatic heterocycles. The average Bonchev–Trinajstić information content (AvgIpc) is 3.16. The number of benzene rings is 2. The van der Waals surface area contributed by atoms with Gasteiger partial charge in [-0.05, 0) is 57.5 Å². The smallest absolute Gasteiger partial charge is 0.408 e. The van der Waals surface area contributed by atoms with Crippen LogP contribution in [-0.4, -0.2) is 41.2 Å². The number of carbonyl (C=O) groups excluding carboxylic acids is 3. The number of rotatable bonds is 7. The number of alkyl carbamates (subject to hydrolysis) is 1. The van der Waals surface area contributed by atoms with Gasteiger partial charge in [-0.1, -0.05) is 30.3 Å². The lowest BCUT2D eigenvalue weighted by Gasteiger charge is -2.23. The molecule has 174 valence electrons. The van der Waals surface area contributed by atoms with Crippen LogP contribution in [0.5, 0.6) is 0 Å². The molecule has 33 heavy (non-hydrogen) atoms. The molecule has 8 nitrogen and oxygen atoms in total. The van der Waals surface area contributed by atoms with Gasteiger partial charge in [0.15, 0.2) is 0 Å². The highest BCUT2D eigenvalue weighted by Gasteiger charge is 2.25. The van der Waals surface area contributed by atoms with Gasteiger partial charge in [-0.3, -0.25) is 4.79 Å². The van der Waals surface area contributed by atoms with Crippen LogP contribution in [0.15, 0.2) is 54.6 Å². The second-order valence-corrected chi connectivity index (χ2v) is 8.58. The number of nitrogens with one attached hydrogen (secondary N) is 3. The van der Waals surface area contributed by atoms with Crippen LogP contribution in [-0.2, 0) is 20.7 Å². The van der Waals surface area contributed by atoms with E-state index in [9.17, 15) is 14.4 Å². The maximum Gasteiger partial charge on any atom is 0.408 e. The predicted molar refractivity (Wildman–Crippen MR) is 126 cm³/mol. The van der Waals surface area contributed by atoms with Gasteiger partial charge in [0.2, 0.25) is 5.91 Å². The molecule has 1 atom stereocenters. The molecule has 0 aliphatic rings. The lowest BCUT2D eigenvalue weighted by molar-refractivity contribution is -0.118. The molecule has 3 N–H and O–H groups in total. The fraction of sp³-hybridized carbons (Fsp3) is 0.320. The van der Waals surface area contributed by atoms with Gasteiger partial charge in [0.05, 0.1) is 6.61 Å². The Morgan fingerprint density at radius 1 is 1.03 bits per heavy atom. The third-order valence-electron chi connectivity index (χ3n) is 4.67. The molecule has 0 radical (unpaired) electrons. The Morgan fingerprint density at radius 2 is 1.76 bits per heavy atom. The lowest BCUT2D eigenvalue weighted by Crippen LogP contribution is -2.47. The first-order chi connectivity index (χ1) is 15.6. The van der Waals surface area contributed by atoms with Crippen LogP contribution < -0.4 is 10.6 Å². The van der Waals surface area contributed by atoms with Crippen LogP contribution in [0.4, 0.5) is 10.5 Å². The second-order valence-electron chi connectivity index (χ2n) is 8.58. The quantitative estimate of drug-likeness (QED) is 0.461. The Bertz CT molecular complexity index is 1130. The van der Waals surface area contributed by atoms with Gasteiger partial charge in [-0.2, -0.15) is 0 Å². The minimum absolute atomic E-state index is 0.281. The van der Waals surface area contributed by atoms with E-state index in [-0.39, 0.29) is 12.5 Å². The monoisotopic (exact) mass is 451 g/mol. The van der Waals surface area contributed by atoms with Crippen molar-refractivity contribution < 1.29 is 23.9 Å². The second kappa shape index (κ2) is 10.2. The third-order valence-corrected chi connectivity index (χ3v) is 4.67. The Kier molecular flexibility index (Phi) is 7.37. The Morgan fingerprint density at radius 3 is 2.42 bits per heavy atom. The maximum atomic E-state index is 13.1. The summed E-state index contributed by atoms with van der Waals surface area (Å²) in [7, 11) is 0. The molecule has 0 aliphatic heterocycles. The molecule has 0 unspecified atom stereocenters. The van der Waals surface area contributed by atoms with Crippen molar-refractivity contribution in [3.05, 3.63) is 65.9 Å². The van der Waals surface area contributed by atoms with E-state index in [1.807, 2.05) is 30.3 Å². The normalized spacial score (nSPS) is 12.1. The summed E-state index contributed by atoms with van der Waals surface area (Å²) in [5.74, 6) is -0.825. The van der Waals surface area contributed by atoms with Crippen LogP contribution in [0.25, 0.3) is 10.9 Å². The molecule has 0 fully saturated rings. The van der Waals surface area contributed by atoms with Gasteiger partial charge in [0.1, 0.15) is 17.3 Å². The number of H-pyrrole nitrogens is 1. The molecule has 0 spiro atoms. The highest BCUT2D eigenvalue weighted by atomic mass is 16.6. The van der Waals surface area contributed by atoms with E-state index in [1.54, 1.807) is 52.0 Å². The predicted octanol–water partition coefficient (Wildman–Crippen LogP) is 4.42. The van der Waals surface area contributed by atoms with E-state index < -0.39 is 23.7 Å². The summed E-state index contributed by atoms with van der Waals surface area (Å²) in [6, 6.07) is 15.5. The SMILES string of the molecule is CCOC(=O)c1cc2cc(NC(=O)[C@H](Cc3ccccc3)NC(=O)OC(C)(C)C)ccc2[nH]1. The summed E-state index contributed by atoms with van der Waals surface area (Å²) >= 11 is 0. The minimum atomic E-state index is -0.848. The van der Waals surface area contributed by atoms with Crippen molar-refractivity contribution in [3.63, 3.8) is 0 Å². The van der Waals surface area contributed by atoms with Crippen molar-refractivity contribution in [2.24, 2.45) is 0 Å². The van der Waals surface area contributed by atoms with E-state index >= 15 is 0 Å². The molecular weight excluding hydrogens is 422 g/mol. The van der Waals surface area contributed by atoms with Gasteiger partial charge in [0.25, 0.3) is 0 Å². The largest absolute Gasteiger partial charge is 0.461 e. The molecule has 0 bridgehead atoms. The number of hydrogen-bond donors (Lipinski definition) is 3. The number of aromatic nitrogens is 1. The molecular formula is C25H29N3O5. The first-order valence-electron chi connectivity index (χ1n) is 10.8. The van der Waals surface area contributed by atoms with Crippen molar-refractivity contribution in [1.82, 2.24) is 10.3 Å². The minimum Gasteiger partial charge on any atom is -0.461 e. The van der Waals surface area contributed by atoms with E-state index in [4.69, 9.17) is 9.47 Å². The average molecular weight is 452 g/mol. The fourth-order valence-electron chi connectivity index (χ4n) is 3.27. The van der Waals surface area contributed by atoms with Crippen LogP contribution in [0.3, 0.4) is 0 Å². The summed E-state index contributed by atoms with van der Waals surface area (Å²) < 4.78 is 10.4. The number of amides is 2. The van der Waals surface area contributed by atoms with Crippen molar-refractivity contribution in [1.29, 1.82) is 0 Å². The third kappa shape index (κ3) is 6.83. The number of aromatic amines is 1. The lowest BCUT2D eigenvalue weighted by atomic mass is 10.1. The Balaban J connectivity index is 1.77. The van der Waals surface area contributed by atoms with Crippen molar-refractivity contribution in [2.75, 3.05) is 11.9 Å². The fourth-order valence-corrected chi connectivity index (χ4v) is 3.27. The van der Waals surface area contributed by atoms with Crippen LogP contribution in [0, 0.1) is 0 Å². The van der Waals surface area contributed by atoms with Crippen LogP contribution in [0.2, 0.25) is 0 Å². The van der Waals surface area contributed by atoms with Crippen molar-refractivity contribution in [3.8, 4) is 0 Å².